The SMILES string of the molecule is CC(=O)NCC1CC(c2ccc(N3CCN(S(=O)(=O)c4cccc(C(=O)[O-])c4)CC3)c(F)c2)=NO1.[K+]. The molecule has 13 heteroatoms. The number of anilines is 1. The fraction of sp³-hybridized carbons (Fsp3) is 0.348. The first kappa shape index (κ1) is 28.7. The molecule has 1 fully saturated rings. The number of benzene rings is 2. The van der Waals surface area contributed by atoms with Gasteiger partial charge in [-0.2, -0.15) is 4.31 Å². The van der Waals surface area contributed by atoms with E-state index in [1.54, 1.807) is 17.0 Å². The Balaban J connectivity index is 0.00000361. The Bertz CT molecular complexity index is 1280. The zero-order chi connectivity index (χ0) is 25.2. The largest absolute Gasteiger partial charge is 1.00 e. The molecule has 0 aromatic heterocycles. The van der Waals surface area contributed by atoms with Crippen LogP contribution >= 0.6 is 0 Å². The summed E-state index contributed by atoms with van der Waals surface area (Å²) in [6, 6.07) is 9.76. The Kier molecular flexibility index (Phi) is 9.66. The Morgan fingerprint density at radius 1 is 1.17 bits per heavy atom. The summed E-state index contributed by atoms with van der Waals surface area (Å²) in [6.07, 6.45) is 0.133. The van der Waals surface area contributed by atoms with Gasteiger partial charge in [0.15, 0.2) is 0 Å². The third-order valence-electron chi connectivity index (χ3n) is 5.88. The number of carboxylic acids is 1. The van der Waals surface area contributed by atoms with Gasteiger partial charge in [-0.25, -0.2) is 12.8 Å². The van der Waals surface area contributed by atoms with Crippen molar-refractivity contribution in [3.63, 3.8) is 0 Å². The van der Waals surface area contributed by atoms with Crippen LogP contribution in [0, 0.1) is 5.82 Å². The van der Waals surface area contributed by atoms with Crippen LogP contribution < -0.4 is 66.7 Å². The van der Waals surface area contributed by atoms with Crippen molar-refractivity contribution in [2.75, 3.05) is 37.6 Å². The van der Waals surface area contributed by atoms with E-state index in [9.17, 15) is 27.5 Å². The maximum atomic E-state index is 15.0. The van der Waals surface area contributed by atoms with Gasteiger partial charge >= 0.3 is 51.4 Å². The van der Waals surface area contributed by atoms with Gasteiger partial charge in [-0.05, 0) is 29.8 Å². The number of nitrogens with one attached hydrogen (secondary N) is 1. The van der Waals surface area contributed by atoms with E-state index < -0.39 is 21.8 Å². The fourth-order valence-corrected chi connectivity index (χ4v) is 5.48. The van der Waals surface area contributed by atoms with E-state index in [2.05, 4.69) is 10.5 Å². The Hall–Kier alpha value is -1.87. The van der Waals surface area contributed by atoms with Crippen LogP contribution in [-0.4, -0.2) is 69.1 Å². The van der Waals surface area contributed by atoms with Gasteiger partial charge in [-0.1, -0.05) is 23.4 Å². The third kappa shape index (κ3) is 6.51. The molecule has 1 saturated heterocycles. The molecule has 2 aromatic carbocycles. The second-order valence-corrected chi connectivity index (χ2v) is 10.2. The van der Waals surface area contributed by atoms with E-state index in [4.69, 9.17) is 4.84 Å². The van der Waals surface area contributed by atoms with Gasteiger partial charge in [0.2, 0.25) is 15.9 Å². The summed E-state index contributed by atoms with van der Waals surface area (Å²) < 4.78 is 42.1. The summed E-state index contributed by atoms with van der Waals surface area (Å²) >= 11 is 0. The topological polar surface area (TPSA) is 131 Å². The van der Waals surface area contributed by atoms with Crippen molar-refractivity contribution < 1.29 is 83.7 Å². The predicted molar refractivity (Wildman–Crippen MR) is 123 cm³/mol. The van der Waals surface area contributed by atoms with Crippen LogP contribution in [-0.2, 0) is 19.7 Å². The number of carbonyl (C=O) groups excluding carboxylic acids is 2. The summed E-state index contributed by atoms with van der Waals surface area (Å²) in [5.74, 6) is -2.09. The minimum absolute atomic E-state index is 0. The number of sulfonamides is 1. The molecule has 2 heterocycles. The minimum Gasteiger partial charge on any atom is -0.545 e. The Labute approximate surface area is 250 Å². The number of carboxylic acid groups (broad SMARTS) is 1. The van der Waals surface area contributed by atoms with E-state index in [-0.39, 0.29) is 100 Å². The molecule has 1 unspecified atom stereocenters. The van der Waals surface area contributed by atoms with E-state index in [1.807, 2.05) is 0 Å². The molecule has 1 N–H and O–H groups in total. The number of hydrogen-bond donors (Lipinski definition) is 1. The molecule has 4 rings (SSSR count). The van der Waals surface area contributed by atoms with Crippen molar-refractivity contribution in [2.45, 2.75) is 24.3 Å². The molecule has 0 bridgehead atoms. The molecule has 0 saturated carbocycles. The quantitative estimate of drug-likeness (QED) is 0.378. The van der Waals surface area contributed by atoms with Crippen LogP contribution in [0.1, 0.15) is 29.3 Å². The first-order valence-electron chi connectivity index (χ1n) is 11.0. The number of amides is 1. The molecular formula is C23H24FKN4O6S. The molecule has 10 nitrogen and oxygen atoms in total. The van der Waals surface area contributed by atoms with Crippen LogP contribution in [0.3, 0.4) is 0 Å². The van der Waals surface area contributed by atoms with Crippen molar-refractivity contribution in [3.05, 3.63) is 59.4 Å². The standard InChI is InChI=1S/C23H25FN4O6S.K/c1-15(29)25-14-18-13-21(26-34-18)16-5-6-22(20(24)12-16)27-7-9-28(10-8-27)35(32,33)19-4-2-3-17(11-19)23(30)31;/h2-6,11-12,18H,7-10,13-14H2,1H3,(H,25,29)(H,30,31);/q;+1/p-1. The molecule has 0 radical (unpaired) electrons. The van der Waals surface area contributed by atoms with Gasteiger partial charge in [0.25, 0.3) is 0 Å². The number of rotatable bonds is 7. The van der Waals surface area contributed by atoms with Gasteiger partial charge in [-0.3, -0.25) is 4.79 Å². The predicted octanol–water partition coefficient (Wildman–Crippen LogP) is -2.67. The molecule has 186 valence electrons. The first-order chi connectivity index (χ1) is 16.6. The van der Waals surface area contributed by atoms with Gasteiger partial charge in [0.1, 0.15) is 11.9 Å². The summed E-state index contributed by atoms with van der Waals surface area (Å²) in [5, 5.41) is 17.7. The van der Waals surface area contributed by atoms with E-state index in [1.165, 1.54) is 35.5 Å². The average molecular weight is 543 g/mol. The maximum absolute atomic E-state index is 15.0. The van der Waals surface area contributed by atoms with Crippen LogP contribution in [0.25, 0.3) is 0 Å². The number of oxime groups is 1. The van der Waals surface area contributed by atoms with Crippen molar-refractivity contribution in [2.24, 2.45) is 5.16 Å². The van der Waals surface area contributed by atoms with Crippen molar-refractivity contribution in [1.82, 2.24) is 9.62 Å². The number of halogens is 1. The summed E-state index contributed by atoms with van der Waals surface area (Å²) in [7, 11) is -3.90. The molecular weight excluding hydrogens is 518 g/mol. The molecule has 36 heavy (non-hydrogen) atoms. The van der Waals surface area contributed by atoms with Crippen LogP contribution in [0.15, 0.2) is 52.5 Å². The van der Waals surface area contributed by atoms with Gasteiger partial charge in [-0.15, -0.1) is 0 Å². The summed E-state index contributed by atoms with van der Waals surface area (Å²) in [6.45, 7) is 2.48. The average Bonchev–Trinajstić information content (AvgIpc) is 3.32. The van der Waals surface area contributed by atoms with Gasteiger partial charge < -0.3 is 25.0 Å². The Morgan fingerprint density at radius 2 is 1.89 bits per heavy atom. The van der Waals surface area contributed by atoms with Gasteiger partial charge in [0.05, 0.1) is 28.8 Å². The molecule has 2 aliphatic rings. The fourth-order valence-electron chi connectivity index (χ4n) is 4.01. The first-order valence-corrected chi connectivity index (χ1v) is 12.4. The minimum atomic E-state index is -3.90. The number of carbonyl (C=O) groups is 2. The van der Waals surface area contributed by atoms with E-state index in [0.717, 1.165) is 6.07 Å². The van der Waals surface area contributed by atoms with Crippen molar-refractivity contribution in [1.29, 1.82) is 0 Å². The van der Waals surface area contributed by atoms with E-state index in [0.29, 0.717) is 29.9 Å². The molecule has 2 aliphatic heterocycles. The zero-order valence-electron chi connectivity index (χ0n) is 19.9. The second-order valence-electron chi connectivity index (χ2n) is 8.28. The molecule has 1 amide bonds. The molecule has 0 aliphatic carbocycles. The van der Waals surface area contributed by atoms with Crippen molar-refractivity contribution >= 4 is 33.3 Å². The number of nitrogens with zero attached hydrogens (tertiary/aromatic N) is 3. The van der Waals surface area contributed by atoms with Crippen LogP contribution in [0.5, 0.6) is 0 Å². The monoisotopic (exact) mass is 542 g/mol. The van der Waals surface area contributed by atoms with E-state index >= 15 is 0 Å². The molecule has 1 atom stereocenters. The number of hydrogen-bond acceptors (Lipinski definition) is 8. The second kappa shape index (κ2) is 12.1. The summed E-state index contributed by atoms with van der Waals surface area (Å²) in [4.78, 5) is 29.1. The normalized spacial score (nSPS) is 18.1. The third-order valence-corrected chi connectivity index (χ3v) is 7.77. The summed E-state index contributed by atoms with van der Waals surface area (Å²) in [5.41, 5.74) is 1.29. The molecule has 2 aromatic rings. The zero-order valence-corrected chi connectivity index (χ0v) is 23.9. The smallest absolute Gasteiger partial charge is 0.545 e. The molecule has 0 spiro atoms. The number of aromatic carboxylic acids is 1. The van der Waals surface area contributed by atoms with Crippen molar-refractivity contribution in [3.8, 4) is 0 Å². The van der Waals surface area contributed by atoms with Crippen LogP contribution in [0.2, 0.25) is 0 Å². The van der Waals surface area contributed by atoms with Gasteiger partial charge in [0, 0.05) is 45.1 Å². The van der Waals surface area contributed by atoms with Crippen LogP contribution in [0.4, 0.5) is 10.1 Å². The Morgan fingerprint density at radius 3 is 2.53 bits per heavy atom. The maximum Gasteiger partial charge on any atom is 1.00 e. The number of piperazine rings is 1.